The number of carbonyl (C=O) groups excluding carboxylic acids is 2. The highest BCUT2D eigenvalue weighted by atomic mass is 32.1. The molecular weight excluding hydrogens is 422 g/mol. The SMILES string of the molecule is COCC(=O)Nc1cccc(-c2cccc3cc(C(=O)NC4CN5CCC4CC5)sc23)c1. The molecule has 1 atom stereocenters. The van der Waals surface area contributed by atoms with Crippen LogP contribution in [0.1, 0.15) is 22.5 Å². The molecular formula is C25H27N3O3S. The van der Waals surface area contributed by atoms with Gasteiger partial charge >= 0.3 is 0 Å². The molecule has 2 amide bonds. The van der Waals surface area contributed by atoms with Crippen molar-refractivity contribution in [1.82, 2.24) is 10.2 Å². The largest absolute Gasteiger partial charge is 0.375 e. The molecule has 2 N–H and O–H groups in total. The van der Waals surface area contributed by atoms with Gasteiger partial charge in [-0.05, 0) is 66.6 Å². The van der Waals surface area contributed by atoms with E-state index >= 15 is 0 Å². The van der Waals surface area contributed by atoms with Gasteiger partial charge in [0.1, 0.15) is 6.61 Å². The van der Waals surface area contributed by atoms with E-state index in [0.29, 0.717) is 5.92 Å². The topological polar surface area (TPSA) is 70.7 Å². The van der Waals surface area contributed by atoms with Crippen LogP contribution in [0.3, 0.4) is 0 Å². The fourth-order valence-corrected chi connectivity index (χ4v) is 5.96. The monoisotopic (exact) mass is 449 g/mol. The molecule has 7 heteroatoms. The zero-order chi connectivity index (χ0) is 22.1. The summed E-state index contributed by atoms with van der Waals surface area (Å²) >= 11 is 1.53. The quantitative estimate of drug-likeness (QED) is 0.597. The predicted octanol–water partition coefficient (Wildman–Crippen LogP) is 3.98. The number of amides is 2. The lowest BCUT2D eigenvalue weighted by Gasteiger charge is -2.44. The van der Waals surface area contributed by atoms with Gasteiger partial charge in [-0.25, -0.2) is 0 Å². The first-order chi connectivity index (χ1) is 15.6. The van der Waals surface area contributed by atoms with Crippen LogP contribution in [0.2, 0.25) is 0 Å². The average Bonchev–Trinajstić information content (AvgIpc) is 3.25. The minimum Gasteiger partial charge on any atom is -0.375 e. The van der Waals surface area contributed by atoms with E-state index in [1.54, 1.807) is 0 Å². The minimum atomic E-state index is -0.189. The number of methoxy groups -OCH3 is 1. The van der Waals surface area contributed by atoms with Crippen LogP contribution in [0, 0.1) is 5.92 Å². The lowest BCUT2D eigenvalue weighted by atomic mass is 9.84. The van der Waals surface area contributed by atoms with Crippen LogP contribution < -0.4 is 10.6 Å². The Morgan fingerprint density at radius 2 is 1.94 bits per heavy atom. The number of ether oxygens (including phenoxy) is 1. The lowest BCUT2D eigenvalue weighted by molar-refractivity contribution is -0.119. The lowest BCUT2D eigenvalue weighted by Crippen LogP contribution is -2.57. The standard InChI is InChI=1S/C25H27N3O3S/c1-31-15-23(29)26-19-6-2-4-17(12-19)20-7-3-5-18-13-22(32-24(18)20)25(30)27-21-14-28-10-8-16(21)9-11-28/h2-7,12-13,16,21H,8-11,14-15H2,1H3,(H,26,29)(H,27,30). The second-order valence-corrected chi connectivity index (χ2v) is 9.67. The van der Waals surface area contributed by atoms with E-state index in [-0.39, 0.29) is 24.5 Å². The Balaban J connectivity index is 1.39. The van der Waals surface area contributed by atoms with Crippen LogP contribution in [0.15, 0.2) is 48.5 Å². The third-order valence-corrected chi connectivity index (χ3v) is 7.66. The highest BCUT2D eigenvalue weighted by molar-refractivity contribution is 7.21. The molecule has 3 aliphatic rings. The minimum absolute atomic E-state index is 0.0167. The van der Waals surface area contributed by atoms with Gasteiger partial charge in [-0.1, -0.05) is 30.3 Å². The summed E-state index contributed by atoms with van der Waals surface area (Å²) in [5.74, 6) is 0.437. The second-order valence-electron chi connectivity index (χ2n) is 8.61. The van der Waals surface area contributed by atoms with E-state index in [4.69, 9.17) is 4.74 Å². The van der Waals surface area contributed by atoms with Gasteiger partial charge in [0.2, 0.25) is 5.91 Å². The fraction of sp³-hybridized carbons (Fsp3) is 0.360. The number of fused-ring (bicyclic) bond motifs is 4. The van der Waals surface area contributed by atoms with Gasteiger partial charge in [-0.3, -0.25) is 9.59 Å². The van der Waals surface area contributed by atoms with Crippen molar-refractivity contribution in [2.75, 3.05) is 38.7 Å². The number of rotatable bonds is 6. The summed E-state index contributed by atoms with van der Waals surface area (Å²) in [6.45, 7) is 3.31. The maximum absolute atomic E-state index is 13.1. The molecule has 1 aromatic heterocycles. The summed E-state index contributed by atoms with van der Waals surface area (Å²) in [6, 6.07) is 16.1. The maximum Gasteiger partial charge on any atom is 0.261 e. The molecule has 3 saturated heterocycles. The molecule has 4 heterocycles. The highest BCUT2D eigenvalue weighted by Crippen LogP contribution is 2.36. The second kappa shape index (κ2) is 9.02. The van der Waals surface area contributed by atoms with Crippen LogP contribution in [0.5, 0.6) is 0 Å². The number of hydrogen-bond donors (Lipinski definition) is 2. The summed E-state index contributed by atoms with van der Waals surface area (Å²) in [5, 5.41) is 7.21. The number of nitrogens with one attached hydrogen (secondary N) is 2. The molecule has 0 saturated carbocycles. The molecule has 166 valence electrons. The Kier molecular flexibility index (Phi) is 5.95. The fourth-order valence-electron chi connectivity index (χ4n) is 4.86. The van der Waals surface area contributed by atoms with E-state index in [2.05, 4.69) is 21.6 Å². The van der Waals surface area contributed by atoms with Crippen molar-refractivity contribution in [1.29, 1.82) is 0 Å². The molecule has 6 nitrogen and oxygen atoms in total. The van der Waals surface area contributed by atoms with Gasteiger partial charge in [-0.2, -0.15) is 0 Å². The van der Waals surface area contributed by atoms with E-state index in [0.717, 1.165) is 51.4 Å². The molecule has 3 aromatic rings. The first-order valence-corrected chi connectivity index (χ1v) is 11.9. The molecule has 2 aromatic carbocycles. The average molecular weight is 450 g/mol. The van der Waals surface area contributed by atoms with Crippen LogP contribution in [-0.2, 0) is 9.53 Å². The van der Waals surface area contributed by atoms with Crippen LogP contribution in [0.4, 0.5) is 5.69 Å². The van der Waals surface area contributed by atoms with Crippen molar-refractivity contribution in [3.8, 4) is 11.1 Å². The number of hydrogen-bond acceptors (Lipinski definition) is 5. The number of anilines is 1. The smallest absolute Gasteiger partial charge is 0.261 e. The van der Waals surface area contributed by atoms with E-state index in [9.17, 15) is 9.59 Å². The first-order valence-electron chi connectivity index (χ1n) is 11.1. The Labute approximate surface area is 191 Å². The number of nitrogens with zero attached hydrogens (tertiary/aromatic N) is 1. The van der Waals surface area contributed by atoms with Crippen LogP contribution >= 0.6 is 11.3 Å². The Hall–Kier alpha value is -2.74. The van der Waals surface area contributed by atoms with Gasteiger partial charge in [0.25, 0.3) is 5.91 Å². The number of thiophene rings is 1. The molecule has 32 heavy (non-hydrogen) atoms. The summed E-state index contributed by atoms with van der Waals surface area (Å²) in [7, 11) is 1.50. The van der Waals surface area contributed by atoms with Gasteiger partial charge < -0.3 is 20.3 Å². The number of benzene rings is 2. The van der Waals surface area contributed by atoms with Crippen molar-refractivity contribution in [3.63, 3.8) is 0 Å². The number of carbonyl (C=O) groups is 2. The normalized spacial score (nSPS) is 22.1. The van der Waals surface area contributed by atoms with Crippen LogP contribution in [-0.4, -0.2) is 56.1 Å². The van der Waals surface area contributed by atoms with Gasteiger partial charge in [0, 0.05) is 30.1 Å². The van der Waals surface area contributed by atoms with E-state index < -0.39 is 0 Å². The molecule has 2 bridgehead atoms. The predicted molar refractivity (Wildman–Crippen MR) is 128 cm³/mol. The first kappa shape index (κ1) is 21.1. The molecule has 0 spiro atoms. The van der Waals surface area contributed by atoms with Gasteiger partial charge in [-0.15, -0.1) is 11.3 Å². The molecule has 0 radical (unpaired) electrons. The van der Waals surface area contributed by atoms with Crippen LogP contribution in [0.25, 0.3) is 21.2 Å². The zero-order valence-electron chi connectivity index (χ0n) is 18.1. The summed E-state index contributed by atoms with van der Waals surface area (Å²) in [5.41, 5.74) is 2.77. The Morgan fingerprint density at radius 3 is 2.69 bits per heavy atom. The molecule has 0 aliphatic carbocycles. The van der Waals surface area contributed by atoms with Gasteiger partial charge in [0.15, 0.2) is 0 Å². The van der Waals surface area contributed by atoms with Crippen molar-refractivity contribution in [2.24, 2.45) is 5.92 Å². The van der Waals surface area contributed by atoms with Crippen molar-refractivity contribution >= 4 is 38.9 Å². The Morgan fingerprint density at radius 1 is 1.12 bits per heavy atom. The highest BCUT2D eigenvalue weighted by Gasteiger charge is 2.35. The summed E-state index contributed by atoms with van der Waals surface area (Å²) < 4.78 is 5.97. The zero-order valence-corrected chi connectivity index (χ0v) is 18.9. The van der Waals surface area contributed by atoms with Gasteiger partial charge in [0.05, 0.1) is 4.88 Å². The maximum atomic E-state index is 13.1. The van der Waals surface area contributed by atoms with Crippen molar-refractivity contribution < 1.29 is 14.3 Å². The van der Waals surface area contributed by atoms with Crippen molar-refractivity contribution in [3.05, 3.63) is 53.4 Å². The molecule has 3 aliphatic heterocycles. The summed E-state index contributed by atoms with van der Waals surface area (Å²) in [4.78, 5) is 28.1. The molecule has 1 unspecified atom stereocenters. The number of piperidine rings is 3. The van der Waals surface area contributed by atoms with Crippen molar-refractivity contribution in [2.45, 2.75) is 18.9 Å². The summed E-state index contributed by atoms with van der Waals surface area (Å²) in [6.07, 6.45) is 2.36. The third kappa shape index (κ3) is 4.28. The van der Waals surface area contributed by atoms with E-state index in [1.165, 1.54) is 31.3 Å². The molecule has 3 fully saturated rings. The van der Waals surface area contributed by atoms with E-state index in [1.807, 2.05) is 42.5 Å². The Bertz CT molecular complexity index is 1150. The molecule has 6 rings (SSSR count). The third-order valence-electron chi connectivity index (χ3n) is 6.47.